The molecule has 16 nitrogen and oxygen atoms in total. The van der Waals surface area contributed by atoms with Gasteiger partial charge in [-0.2, -0.15) is 10.2 Å². The molecule has 0 aliphatic rings. The van der Waals surface area contributed by atoms with Crippen molar-refractivity contribution in [3.05, 3.63) is 147 Å². The maximum Gasteiger partial charge on any atom is 0.181 e. The van der Waals surface area contributed by atoms with Crippen LogP contribution in [-0.2, 0) is 0 Å². The first-order valence-electron chi connectivity index (χ1n) is 20.2. The number of benzene rings is 1. The first-order valence-corrected chi connectivity index (χ1v) is 20.2. The number of nitrogens with zero attached hydrogens (tertiary/aromatic N) is 12. The van der Waals surface area contributed by atoms with Gasteiger partial charge in [0.25, 0.3) is 0 Å². The van der Waals surface area contributed by atoms with E-state index in [4.69, 9.17) is 9.97 Å². The first-order chi connectivity index (χ1) is 31.6. The Hall–Kier alpha value is -8.99. The van der Waals surface area contributed by atoms with Gasteiger partial charge in [0.05, 0.1) is 34.2 Å². The Morgan fingerprint density at radius 1 is 0.484 bits per heavy atom. The number of imidazole rings is 2. The predicted molar refractivity (Wildman–Crippen MR) is 243 cm³/mol. The number of nitrogens with one attached hydrogen (secondary N) is 4. The lowest BCUT2D eigenvalue weighted by atomic mass is 10.0. The Morgan fingerprint density at radius 2 is 1.08 bits per heavy atom. The summed E-state index contributed by atoms with van der Waals surface area (Å²) < 4.78 is 14.4. The van der Waals surface area contributed by atoms with Crippen molar-refractivity contribution in [1.29, 1.82) is 0 Å². The van der Waals surface area contributed by atoms with Gasteiger partial charge in [0.2, 0.25) is 0 Å². The van der Waals surface area contributed by atoms with Gasteiger partial charge >= 0.3 is 0 Å². The summed E-state index contributed by atoms with van der Waals surface area (Å²) in [6.07, 6.45) is 22.5. The van der Waals surface area contributed by atoms with Gasteiger partial charge in [0.1, 0.15) is 34.6 Å². The number of hydrogen-bond acceptors (Lipinski definition) is 12. The van der Waals surface area contributed by atoms with Gasteiger partial charge in [-0.05, 0) is 42.8 Å². The molecule has 64 heavy (non-hydrogen) atoms. The molecule has 17 heteroatoms. The minimum absolute atomic E-state index is 0.327. The van der Waals surface area contributed by atoms with Crippen LogP contribution >= 0.6 is 0 Å². The molecule has 4 N–H and O–H groups in total. The van der Waals surface area contributed by atoms with E-state index in [1.165, 1.54) is 12.4 Å². The highest BCUT2D eigenvalue weighted by Crippen LogP contribution is 2.34. The Balaban J connectivity index is 0.000000146. The standard InChI is InChI=1S/C23H16N8.C22H13FN8.C2H6/c1-13-4-6-25-10-17(13)15-7-16-21(30-31-22(16)27-9-15)23-28-19-12-26-11-18(20(19)29-23)14-3-2-5-24-8-14;23-17-4-2-1-3-14(17)16-9-24-10-18-19(16)29-22(28-18)20-15-5-12(8-27-21(15)31-30-20)13-6-25-11-26-7-13;1-2/h2-12H,1H3,(H,28,29)(H,27,30,31);1-11H,(H,28,29)(H,27,30,31);1-2H3. The van der Waals surface area contributed by atoms with Crippen molar-refractivity contribution in [3.63, 3.8) is 0 Å². The van der Waals surface area contributed by atoms with E-state index in [0.29, 0.717) is 50.8 Å². The molecular weight excluding hydrogens is 808 g/mol. The second-order valence-corrected chi connectivity index (χ2v) is 14.3. The van der Waals surface area contributed by atoms with E-state index < -0.39 is 0 Å². The van der Waals surface area contributed by atoms with Crippen LogP contribution in [0.2, 0.25) is 0 Å². The summed E-state index contributed by atoms with van der Waals surface area (Å²) in [6, 6.07) is 16.5. The average Bonchev–Trinajstić information content (AvgIpc) is 4.17. The predicted octanol–water partition coefficient (Wildman–Crippen LogP) is 9.51. The largest absolute Gasteiger partial charge is 0.335 e. The van der Waals surface area contributed by atoms with Crippen LogP contribution in [0, 0.1) is 12.7 Å². The van der Waals surface area contributed by atoms with Crippen LogP contribution in [0.15, 0.2) is 135 Å². The average molecular weight is 843 g/mol. The van der Waals surface area contributed by atoms with Gasteiger partial charge < -0.3 is 9.97 Å². The molecule has 0 saturated heterocycles. The molecule has 0 aliphatic carbocycles. The summed E-state index contributed by atoms with van der Waals surface area (Å²) in [6.45, 7) is 6.06. The second kappa shape index (κ2) is 16.8. The van der Waals surface area contributed by atoms with E-state index in [1.807, 2.05) is 56.7 Å². The Kier molecular flexibility index (Phi) is 10.3. The van der Waals surface area contributed by atoms with Gasteiger partial charge in [0, 0.05) is 106 Å². The normalized spacial score (nSPS) is 11.1. The molecule has 310 valence electrons. The van der Waals surface area contributed by atoms with Crippen molar-refractivity contribution >= 4 is 44.1 Å². The summed E-state index contributed by atoms with van der Waals surface area (Å²) >= 11 is 0. The molecule has 0 spiro atoms. The lowest BCUT2D eigenvalue weighted by Crippen LogP contribution is -1.87. The molecule has 11 heterocycles. The molecular formula is C47H35FN16. The van der Waals surface area contributed by atoms with Gasteiger partial charge in [-0.1, -0.05) is 38.1 Å². The third-order valence-corrected chi connectivity index (χ3v) is 10.5. The molecule has 0 fully saturated rings. The molecule has 0 aliphatic heterocycles. The zero-order valence-electron chi connectivity index (χ0n) is 34.4. The van der Waals surface area contributed by atoms with E-state index >= 15 is 0 Å². The SMILES string of the molecule is CC.Cc1ccncc1-c1cnc2n[nH]c(-c3nc4c(-c5cccnc5)cncc4[nH]3)c2c1.Fc1ccccc1-c1cncc2[nH]c(-c3[nH]nc4ncc(-c5cncnc5)cc34)nc12. The van der Waals surface area contributed by atoms with Crippen LogP contribution in [0.1, 0.15) is 19.4 Å². The number of H-pyrrole nitrogens is 4. The Labute approximate surface area is 362 Å². The van der Waals surface area contributed by atoms with Crippen LogP contribution < -0.4 is 0 Å². The summed E-state index contributed by atoms with van der Waals surface area (Å²) in [7, 11) is 0. The van der Waals surface area contributed by atoms with Crippen LogP contribution in [0.3, 0.4) is 0 Å². The van der Waals surface area contributed by atoms with Crippen LogP contribution in [0.25, 0.3) is 112 Å². The summed E-state index contributed by atoms with van der Waals surface area (Å²) in [5.74, 6) is 0.913. The topological polar surface area (TPSA) is 218 Å². The highest BCUT2D eigenvalue weighted by molar-refractivity contribution is 5.98. The van der Waals surface area contributed by atoms with Crippen LogP contribution in [0.5, 0.6) is 0 Å². The number of rotatable bonds is 6. The van der Waals surface area contributed by atoms with Crippen LogP contribution in [0.4, 0.5) is 4.39 Å². The quantitative estimate of drug-likeness (QED) is 0.123. The van der Waals surface area contributed by atoms with Crippen molar-refractivity contribution in [2.24, 2.45) is 0 Å². The highest BCUT2D eigenvalue weighted by atomic mass is 19.1. The van der Waals surface area contributed by atoms with E-state index in [9.17, 15) is 4.39 Å². The zero-order chi connectivity index (χ0) is 43.6. The summed E-state index contributed by atoms with van der Waals surface area (Å²) in [4.78, 5) is 50.4. The number of fused-ring (bicyclic) bond motifs is 4. The number of pyridine rings is 6. The van der Waals surface area contributed by atoms with E-state index in [2.05, 4.69) is 83.2 Å². The Morgan fingerprint density at radius 3 is 1.73 bits per heavy atom. The summed E-state index contributed by atoms with van der Waals surface area (Å²) in [5, 5.41) is 16.4. The van der Waals surface area contributed by atoms with Gasteiger partial charge in [0.15, 0.2) is 22.9 Å². The monoisotopic (exact) mass is 842 g/mol. The van der Waals surface area contributed by atoms with Gasteiger partial charge in [-0.25, -0.2) is 34.3 Å². The second-order valence-electron chi connectivity index (χ2n) is 14.3. The maximum atomic E-state index is 14.4. The van der Waals surface area contributed by atoms with Crippen molar-refractivity contribution < 1.29 is 4.39 Å². The van der Waals surface area contributed by atoms with Crippen LogP contribution in [-0.4, -0.2) is 80.2 Å². The van der Waals surface area contributed by atoms with E-state index in [0.717, 1.165) is 66.4 Å². The molecule has 1 aromatic carbocycles. The number of aryl methyl sites for hydroxylation is 1. The number of hydrogen-bond donors (Lipinski definition) is 4. The molecule has 0 saturated carbocycles. The molecule has 0 radical (unpaired) electrons. The molecule has 0 amide bonds. The Bertz CT molecular complexity index is 3580. The first kappa shape index (κ1) is 39.2. The van der Waals surface area contributed by atoms with Crippen molar-refractivity contribution in [2.45, 2.75) is 20.8 Å². The highest BCUT2D eigenvalue weighted by Gasteiger charge is 2.19. The van der Waals surface area contributed by atoms with Gasteiger partial charge in [-0.3, -0.25) is 30.1 Å². The van der Waals surface area contributed by atoms with Crippen molar-refractivity contribution in [3.8, 4) is 67.5 Å². The van der Waals surface area contributed by atoms with Crippen molar-refractivity contribution in [2.75, 3.05) is 0 Å². The zero-order valence-corrected chi connectivity index (χ0v) is 34.4. The molecule has 0 bridgehead atoms. The minimum Gasteiger partial charge on any atom is -0.335 e. The number of halogens is 1. The number of aromatic amines is 4. The van der Waals surface area contributed by atoms with Gasteiger partial charge in [-0.15, -0.1) is 0 Å². The molecule has 0 unspecified atom stereocenters. The lowest BCUT2D eigenvalue weighted by Gasteiger charge is -2.04. The molecule has 0 atom stereocenters. The fourth-order valence-electron chi connectivity index (χ4n) is 7.39. The molecule has 12 aromatic rings. The lowest BCUT2D eigenvalue weighted by molar-refractivity contribution is 0.631. The van der Waals surface area contributed by atoms with E-state index in [1.54, 1.807) is 74.0 Å². The summed E-state index contributed by atoms with van der Waals surface area (Å²) in [5.41, 5.74) is 13.4. The number of aromatic nitrogens is 16. The van der Waals surface area contributed by atoms with E-state index in [-0.39, 0.29) is 5.82 Å². The van der Waals surface area contributed by atoms with Crippen molar-refractivity contribution in [1.82, 2.24) is 80.2 Å². The smallest absolute Gasteiger partial charge is 0.181 e. The minimum atomic E-state index is -0.327. The maximum absolute atomic E-state index is 14.4. The molecule has 11 aromatic heterocycles. The molecule has 12 rings (SSSR count). The third kappa shape index (κ3) is 7.21. The fourth-order valence-corrected chi connectivity index (χ4v) is 7.39. The fraction of sp³-hybridized carbons (Fsp3) is 0.0638. The third-order valence-electron chi connectivity index (χ3n) is 10.5.